The van der Waals surface area contributed by atoms with Gasteiger partial charge >= 0.3 is 0 Å². The number of ether oxygens (including phenoxy) is 1. The molecule has 0 saturated carbocycles. The number of sulfone groups is 1. The van der Waals surface area contributed by atoms with E-state index in [4.69, 9.17) is 4.74 Å². The molecule has 0 spiro atoms. The van der Waals surface area contributed by atoms with Gasteiger partial charge in [-0.15, -0.1) is 0 Å². The number of nitrogens with zero attached hydrogens (tertiary/aromatic N) is 1. The Hall–Kier alpha value is -0.710. The lowest BCUT2D eigenvalue weighted by molar-refractivity contribution is -0.121. The van der Waals surface area contributed by atoms with E-state index in [1.165, 1.54) is 11.4 Å². The predicted molar refractivity (Wildman–Crippen MR) is 78.1 cm³/mol. The lowest BCUT2D eigenvalue weighted by Crippen LogP contribution is -2.39. The van der Waals surface area contributed by atoms with Crippen LogP contribution in [0.25, 0.3) is 0 Å². The number of hydrogen-bond acceptors (Lipinski definition) is 6. The highest BCUT2D eigenvalue weighted by atomic mass is 32.2. The average molecular weight is 342 g/mol. The van der Waals surface area contributed by atoms with E-state index in [1.807, 2.05) is 0 Å². The molecule has 1 N–H and O–H groups in total. The van der Waals surface area contributed by atoms with Gasteiger partial charge in [0.1, 0.15) is 0 Å². The van der Waals surface area contributed by atoms with Crippen LogP contribution in [0.15, 0.2) is 0 Å². The van der Waals surface area contributed by atoms with Crippen molar-refractivity contribution in [2.75, 3.05) is 44.6 Å². The van der Waals surface area contributed by atoms with E-state index in [9.17, 15) is 21.6 Å². The van der Waals surface area contributed by atoms with Crippen molar-refractivity contribution in [1.29, 1.82) is 0 Å². The van der Waals surface area contributed by atoms with Crippen molar-refractivity contribution in [3.63, 3.8) is 0 Å². The fraction of sp³-hybridized carbons (Fsp3) is 0.909. The molecule has 1 saturated heterocycles. The minimum Gasteiger partial charge on any atom is -0.383 e. The van der Waals surface area contributed by atoms with E-state index >= 15 is 0 Å². The van der Waals surface area contributed by atoms with E-state index < -0.39 is 19.9 Å². The van der Waals surface area contributed by atoms with Crippen LogP contribution < -0.4 is 5.32 Å². The molecule has 10 heteroatoms. The van der Waals surface area contributed by atoms with Crippen molar-refractivity contribution < 1.29 is 26.4 Å². The smallest absolute Gasteiger partial charge is 0.221 e. The van der Waals surface area contributed by atoms with Crippen LogP contribution in [-0.2, 0) is 29.4 Å². The molecule has 1 aliphatic rings. The second kappa shape index (κ2) is 7.52. The Labute approximate surface area is 125 Å². The van der Waals surface area contributed by atoms with Crippen molar-refractivity contribution >= 4 is 25.8 Å². The van der Waals surface area contributed by atoms with Crippen LogP contribution in [0.3, 0.4) is 0 Å². The molecule has 8 nitrogen and oxygen atoms in total. The van der Waals surface area contributed by atoms with Gasteiger partial charge in [0.05, 0.1) is 24.4 Å². The topological polar surface area (TPSA) is 110 Å². The minimum absolute atomic E-state index is 0.00662. The first-order valence-corrected chi connectivity index (χ1v) is 10.2. The molecule has 0 aromatic rings. The molecule has 0 radical (unpaired) electrons. The maximum absolute atomic E-state index is 11.8. The number of methoxy groups -OCH3 is 1. The highest BCUT2D eigenvalue weighted by Crippen LogP contribution is 2.11. The van der Waals surface area contributed by atoms with Gasteiger partial charge < -0.3 is 10.1 Å². The molecule has 1 fully saturated rings. The van der Waals surface area contributed by atoms with Gasteiger partial charge in [-0.1, -0.05) is 0 Å². The fourth-order valence-corrected chi connectivity index (χ4v) is 4.57. The van der Waals surface area contributed by atoms with E-state index in [-0.39, 0.29) is 49.6 Å². The maximum atomic E-state index is 11.8. The Morgan fingerprint density at radius 1 is 1.38 bits per heavy atom. The zero-order valence-corrected chi connectivity index (χ0v) is 13.9. The third kappa shape index (κ3) is 6.72. The zero-order chi connectivity index (χ0) is 16.1. The molecule has 1 atom stereocenters. The zero-order valence-electron chi connectivity index (χ0n) is 12.2. The first-order chi connectivity index (χ1) is 9.64. The summed E-state index contributed by atoms with van der Waals surface area (Å²) >= 11 is 0. The highest BCUT2D eigenvalue weighted by molar-refractivity contribution is 7.91. The fourth-order valence-electron chi connectivity index (χ4n) is 2.07. The van der Waals surface area contributed by atoms with Crippen LogP contribution in [0, 0.1) is 0 Å². The molecule has 0 aromatic heterocycles. The number of carbonyl (C=O) groups is 1. The molecular formula is C11H22N2O6S2. The summed E-state index contributed by atoms with van der Waals surface area (Å²) in [7, 11) is -4.98. The first kappa shape index (κ1) is 18.3. The van der Waals surface area contributed by atoms with Gasteiger partial charge in [-0.3, -0.25) is 4.79 Å². The Balaban J connectivity index is 2.43. The summed E-state index contributed by atoms with van der Waals surface area (Å²) < 4.78 is 51.6. The third-order valence-corrected chi connectivity index (χ3v) is 6.27. The number of amides is 1. The Morgan fingerprint density at radius 3 is 2.52 bits per heavy atom. The van der Waals surface area contributed by atoms with Gasteiger partial charge in [0, 0.05) is 32.7 Å². The van der Waals surface area contributed by atoms with Crippen LogP contribution >= 0.6 is 0 Å². The molecule has 0 aliphatic carbocycles. The normalized spacial score (nSPS) is 21.6. The lowest BCUT2D eigenvalue weighted by atomic mass is 10.2. The van der Waals surface area contributed by atoms with Crippen molar-refractivity contribution in [1.82, 2.24) is 9.62 Å². The standard InChI is InChI=1S/C11H22N2O6S2/c1-19-7-6-13(20(2,15)16)5-3-11(14)12-10-4-8-21(17,18)9-10/h10H,3-9H2,1-2H3,(H,12,14). The van der Waals surface area contributed by atoms with Crippen molar-refractivity contribution in [3.05, 3.63) is 0 Å². The molecule has 1 rings (SSSR count). The van der Waals surface area contributed by atoms with Crippen molar-refractivity contribution in [2.24, 2.45) is 0 Å². The summed E-state index contributed by atoms with van der Waals surface area (Å²) in [5.41, 5.74) is 0. The van der Waals surface area contributed by atoms with Crippen molar-refractivity contribution in [3.8, 4) is 0 Å². The van der Waals surface area contributed by atoms with E-state index in [0.29, 0.717) is 6.42 Å². The predicted octanol–water partition coefficient (Wildman–Crippen LogP) is -1.41. The van der Waals surface area contributed by atoms with Gasteiger partial charge in [0.15, 0.2) is 9.84 Å². The van der Waals surface area contributed by atoms with Gasteiger partial charge in [0.25, 0.3) is 0 Å². The second-order valence-corrected chi connectivity index (χ2v) is 9.28. The summed E-state index contributed by atoms with van der Waals surface area (Å²) in [6.07, 6.45) is 1.48. The molecule has 1 aliphatic heterocycles. The summed E-state index contributed by atoms with van der Waals surface area (Å²) in [6, 6.07) is -0.367. The van der Waals surface area contributed by atoms with E-state index in [2.05, 4.69) is 5.32 Å². The number of sulfonamides is 1. The maximum Gasteiger partial charge on any atom is 0.221 e. The van der Waals surface area contributed by atoms with Crippen LogP contribution in [0.1, 0.15) is 12.8 Å². The van der Waals surface area contributed by atoms with Crippen LogP contribution in [0.5, 0.6) is 0 Å². The lowest BCUT2D eigenvalue weighted by Gasteiger charge is -2.19. The largest absolute Gasteiger partial charge is 0.383 e. The number of carbonyl (C=O) groups excluding carboxylic acids is 1. The van der Waals surface area contributed by atoms with Gasteiger partial charge in [-0.05, 0) is 6.42 Å². The summed E-state index contributed by atoms with van der Waals surface area (Å²) in [5.74, 6) is -0.303. The molecular weight excluding hydrogens is 320 g/mol. The molecule has 21 heavy (non-hydrogen) atoms. The summed E-state index contributed by atoms with van der Waals surface area (Å²) in [5, 5.41) is 2.63. The molecule has 1 heterocycles. The SMILES string of the molecule is COCCN(CCC(=O)NC1CCS(=O)(=O)C1)S(C)(=O)=O. The molecule has 124 valence electrons. The van der Waals surface area contributed by atoms with Gasteiger partial charge in [0.2, 0.25) is 15.9 Å². The summed E-state index contributed by atoms with van der Waals surface area (Å²) in [6.45, 7) is 0.476. The number of rotatable bonds is 8. The van der Waals surface area contributed by atoms with Gasteiger partial charge in [-0.2, -0.15) is 4.31 Å². The van der Waals surface area contributed by atoms with E-state index in [1.54, 1.807) is 0 Å². The molecule has 1 unspecified atom stereocenters. The first-order valence-electron chi connectivity index (χ1n) is 6.58. The van der Waals surface area contributed by atoms with Crippen LogP contribution in [-0.4, -0.2) is 77.7 Å². The summed E-state index contributed by atoms with van der Waals surface area (Å²) in [4.78, 5) is 11.8. The molecule has 0 aromatic carbocycles. The Morgan fingerprint density at radius 2 is 2.05 bits per heavy atom. The Kier molecular flexibility index (Phi) is 6.57. The average Bonchev–Trinajstić information content (AvgIpc) is 2.67. The third-order valence-electron chi connectivity index (χ3n) is 3.20. The van der Waals surface area contributed by atoms with Crippen LogP contribution in [0.4, 0.5) is 0 Å². The minimum atomic E-state index is -3.40. The molecule has 0 bridgehead atoms. The second-order valence-electron chi connectivity index (χ2n) is 5.07. The Bertz CT molecular complexity index is 557. The van der Waals surface area contributed by atoms with Crippen LogP contribution in [0.2, 0.25) is 0 Å². The number of nitrogens with one attached hydrogen (secondary N) is 1. The number of hydrogen-bond donors (Lipinski definition) is 1. The van der Waals surface area contributed by atoms with Gasteiger partial charge in [-0.25, -0.2) is 16.8 Å². The highest BCUT2D eigenvalue weighted by Gasteiger charge is 2.29. The van der Waals surface area contributed by atoms with Crippen molar-refractivity contribution in [2.45, 2.75) is 18.9 Å². The quantitative estimate of drug-likeness (QED) is 0.580. The van der Waals surface area contributed by atoms with E-state index in [0.717, 1.165) is 6.26 Å². The molecule has 1 amide bonds. The monoisotopic (exact) mass is 342 g/mol.